The van der Waals surface area contributed by atoms with Crippen molar-refractivity contribution in [3.63, 3.8) is 0 Å². The molecule has 3 nitrogen and oxygen atoms in total. The van der Waals surface area contributed by atoms with Crippen molar-refractivity contribution in [2.45, 2.75) is 38.6 Å². The van der Waals surface area contributed by atoms with Crippen LogP contribution in [0.15, 0.2) is 30.3 Å². The van der Waals surface area contributed by atoms with Gasteiger partial charge in [0.25, 0.3) is 0 Å². The van der Waals surface area contributed by atoms with Gasteiger partial charge >= 0.3 is 0 Å². The van der Waals surface area contributed by atoms with Gasteiger partial charge in [0.05, 0.1) is 6.61 Å². The first-order valence-electron chi connectivity index (χ1n) is 7.57. The molecule has 0 saturated carbocycles. The molecule has 0 aliphatic carbocycles. The number of ether oxygens (including phenoxy) is 1. The monoisotopic (exact) mass is 260 g/mol. The van der Waals surface area contributed by atoms with Crippen molar-refractivity contribution in [1.29, 1.82) is 0 Å². The zero-order chi connectivity index (χ0) is 12.9. The maximum absolute atomic E-state index is 6.25. The lowest BCUT2D eigenvalue weighted by atomic mass is 10.2. The van der Waals surface area contributed by atoms with Crippen molar-refractivity contribution in [1.82, 2.24) is 9.80 Å². The first-order valence-corrected chi connectivity index (χ1v) is 7.57. The normalized spacial score (nSPS) is 21.5. The number of likely N-dealkylation sites (tertiary alicyclic amines) is 2. The second-order valence-electron chi connectivity index (χ2n) is 5.61. The summed E-state index contributed by atoms with van der Waals surface area (Å²) in [7, 11) is 0. The molecule has 0 bridgehead atoms. The Morgan fingerprint density at radius 2 is 1.37 bits per heavy atom. The molecule has 2 saturated heterocycles. The first kappa shape index (κ1) is 13.1. The van der Waals surface area contributed by atoms with E-state index in [4.69, 9.17) is 4.74 Å². The van der Waals surface area contributed by atoms with E-state index in [-0.39, 0.29) is 6.35 Å². The Labute approximate surface area is 116 Å². The van der Waals surface area contributed by atoms with Gasteiger partial charge in [-0.25, -0.2) is 0 Å². The highest BCUT2D eigenvalue weighted by Crippen LogP contribution is 2.21. The average molecular weight is 260 g/mol. The largest absolute Gasteiger partial charge is 0.345 e. The molecule has 0 spiro atoms. The van der Waals surface area contributed by atoms with Crippen LogP contribution < -0.4 is 0 Å². The minimum Gasteiger partial charge on any atom is -0.345 e. The van der Waals surface area contributed by atoms with E-state index < -0.39 is 0 Å². The highest BCUT2D eigenvalue weighted by Gasteiger charge is 2.29. The molecule has 1 aromatic carbocycles. The Morgan fingerprint density at radius 1 is 0.842 bits per heavy atom. The van der Waals surface area contributed by atoms with E-state index in [1.807, 2.05) is 0 Å². The van der Waals surface area contributed by atoms with Crippen LogP contribution in [-0.2, 0) is 11.3 Å². The molecule has 0 amide bonds. The fourth-order valence-corrected chi connectivity index (χ4v) is 3.11. The van der Waals surface area contributed by atoms with Crippen LogP contribution >= 0.6 is 0 Å². The van der Waals surface area contributed by atoms with E-state index in [1.165, 1.54) is 57.4 Å². The summed E-state index contributed by atoms with van der Waals surface area (Å²) in [6.07, 6.45) is 5.47. The van der Waals surface area contributed by atoms with E-state index in [0.717, 1.165) is 6.61 Å². The second-order valence-corrected chi connectivity index (χ2v) is 5.61. The summed E-state index contributed by atoms with van der Waals surface area (Å²) >= 11 is 0. The second kappa shape index (κ2) is 6.51. The van der Waals surface area contributed by atoms with E-state index in [9.17, 15) is 0 Å². The van der Waals surface area contributed by atoms with Gasteiger partial charge in [-0.15, -0.1) is 0 Å². The summed E-state index contributed by atoms with van der Waals surface area (Å²) < 4.78 is 6.25. The van der Waals surface area contributed by atoms with Crippen LogP contribution in [-0.4, -0.2) is 42.3 Å². The Morgan fingerprint density at radius 3 is 1.89 bits per heavy atom. The third-order valence-electron chi connectivity index (χ3n) is 4.15. The van der Waals surface area contributed by atoms with Gasteiger partial charge in [0.15, 0.2) is 6.35 Å². The molecule has 0 N–H and O–H groups in total. The molecular weight excluding hydrogens is 236 g/mol. The first-order chi connectivity index (χ1) is 9.43. The highest BCUT2D eigenvalue weighted by molar-refractivity contribution is 5.13. The predicted octanol–water partition coefficient (Wildman–Crippen LogP) is 2.68. The molecule has 0 aromatic heterocycles. The van der Waals surface area contributed by atoms with E-state index >= 15 is 0 Å². The molecule has 0 unspecified atom stereocenters. The minimum atomic E-state index is 0.199. The molecule has 104 valence electrons. The molecule has 0 atom stereocenters. The van der Waals surface area contributed by atoms with Gasteiger partial charge in [0.2, 0.25) is 0 Å². The molecule has 1 aromatic rings. The Kier molecular flexibility index (Phi) is 4.49. The molecular formula is C16H24N2O. The van der Waals surface area contributed by atoms with Crippen LogP contribution in [0, 0.1) is 0 Å². The SMILES string of the molecule is c1ccc(COC(N2CCCC2)N2CCCC2)cc1. The lowest BCUT2D eigenvalue weighted by Crippen LogP contribution is -2.47. The highest BCUT2D eigenvalue weighted by atomic mass is 16.5. The van der Waals surface area contributed by atoms with E-state index in [2.05, 4.69) is 40.1 Å². The van der Waals surface area contributed by atoms with Crippen LogP contribution in [0.2, 0.25) is 0 Å². The molecule has 0 radical (unpaired) electrons. The fourth-order valence-electron chi connectivity index (χ4n) is 3.11. The maximum atomic E-state index is 6.25. The average Bonchev–Trinajstić information content (AvgIpc) is 3.13. The lowest BCUT2D eigenvalue weighted by molar-refractivity contribution is -0.146. The minimum absolute atomic E-state index is 0.199. The van der Waals surface area contributed by atoms with Crippen LogP contribution in [0.5, 0.6) is 0 Å². The van der Waals surface area contributed by atoms with Gasteiger partial charge in [-0.1, -0.05) is 30.3 Å². The summed E-state index contributed by atoms with van der Waals surface area (Å²) in [5, 5.41) is 0. The number of benzene rings is 1. The molecule has 3 rings (SSSR count). The van der Waals surface area contributed by atoms with Gasteiger partial charge in [-0.2, -0.15) is 0 Å². The van der Waals surface area contributed by atoms with Crippen molar-refractivity contribution in [3.05, 3.63) is 35.9 Å². The van der Waals surface area contributed by atoms with Gasteiger partial charge in [0.1, 0.15) is 0 Å². The quantitative estimate of drug-likeness (QED) is 0.809. The third-order valence-corrected chi connectivity index (χ3v) is 4.15. The Bertz CT molecular complexity index is 354. The van der Waals surface area contributed by atoms with Gasteiger partial charge in [-0.3, -0.25) is 9.80 Å². The molecule has 2 heterocycles. The van der Waals surface area contributed by atoms with E-state index in [0.29, 0.717) is 0 Å². The van der Waals surface area contributed by atoms with Gasteiger partial charge in [-0.05, 0) is 31.2 Å². The van der Waals surface area contributed by atoms with Crippen molar-refractivity contribution in [2.24, 2.45) is 0 Å². The van der Waals surface area contributed by atoms with Crippen LogP contribution in [0.1, 0.15) is 31.2 Å². The lowest BCUT2D eigenvalue weighted by Gasteiger charge is -2.34. The van der Waals surface area contributed by atoms with Crippen molar-refractivity contribution in [3.8, 4) is 0 Å². The smallest absolute Gasteiger partial charge is 0.168 e. The molecule has 2 aliphatic rings. The predicted molar refractivity (Wildman–Crippen MR) is 76.6 cm³/mol. The number of nitrogens with zero attached hydrogens (tertiary/aromatic N) is 2. The van der Waals surface area contributed by atoms with Gasteiger partial charge < -0.3 is 4.74 Å². The summed E-state index contributed by atoms with van der Waals surface area (Å²) in [6, 6.07) is 10.5. The number of hydrogen-bond acceptors (Lipinski definition) is 3. The molecule has 2 fully saturated rings. The van der Waals surface area contributed by atoms with E-state index in [1.54, 1.807) is 0 Å². The van der Waals surface area contributed by atoms with Gasteiger partial charge in [0, 0.05) is 26.2 Å². The Hall–Kier alpha value is -0.900. The number of rotatable bonds is 5. The van der Waals surface area contributed by atoms with Crippen LogP contribution in [0.25, 0.3) is 0 Å². The summed E-state index contributed by atoms with van der Waals surface area (Å²) in [5.41, 5.74) is 1.27. The molecule has 19 heavy (non-hydrogen) atoms. The molecule has 3 heteroatoms. The summed E-state index contributed by atoms with van der Waals surface area (Å²) in [6.45, 7) is 5.48. The number of hydrogen-bond donors (Lipinski definition) is 0. The Balaban J connectivity index is 1.61. The zero-order valence-electron chi connectivity index (χ0n) is 11.6. The fraction of sp³-hybridized carbons (Fsp3) is 0.625. The molecule has 2 aliphatic heterocycles. The standard InChI is InChI=1S/C16H24N2O/c1-2-8-15(9-3-1)14-19-16(17-10-4-5-11-17)18-12-6-7-13-18/h1-3,8-9,16H,4-7,10-14H2. The van der Waals surface area contributed by atoms with Crippen molar-refractivity contribution < 1.29 is 4.74 Å². The summed E-state index contributed by atoms with van der Waals surface area (Å²) in [5.74, 6) is 0. The van der Waals surface area contributed by atoms with Crippen LogP contribution in [0.3, 0.4) is 0 Å². The summed E-state index contributed by atoms with van der Waals surface area (Å²) in [4.78, 5) is 5.02. The zero-order valence-corrected chi connectivity index (χ0v) is 11.6. The van der Waals surface area contributed by atoms with Crippen LogP contribution in [0.4, 0.5) is 0 Å². The third kappa shape index (κ3) is 3.35. The topological polar surface area (TPSA) is 15.7 Å². The maximum Gasteiger partial charge on any atom is 0.168 e. The van der Waals surface area contributed by atoms with Crippen molar-refractivity contribution >= 4 is 0 Å². The van der Waals surface area contributed by atoms with Crippen molar-refractivity contribution in [2.75, 3.05) is 26.2 Å².